The Hall–Kier alpha value is -0.840. The van der Waals surface area contributed by atoms with E-state index in [9.17, 15) is 0 Å². The summed E-state index contributed by atoms with van der Waals surface area (Å²) in [6, 6.07) is 1.71. The van der Waals surface area contributed by atoms with Gasteiger partial charge in [0.1, 0.15) is 16.5 Å². The smallest absolute Gasteiger partial charge is 0.150 e. The van der Waals surface area contributed by atoms with Crippen molar-refractivity contribution >= 4 is 34.1 Å². The van der Waals surface area contributed by atoms with Crippen LogP contribution in [0.5, 0.6) is 0 Å². The number of ether oxygens (including phenoxy) is 1. The Morgan fingerprint density at radius 1 is 1.35 bits per heavy atom. The molecule has 1 saturated heterocycles. The van der Waals surface area contributed by atoms with Crippen LogP contribution in [-0.2, 0) is 4.74 Å². The van der Waals surface area contributed by atoms with Crippen LogP contribution in [0.4, 0.5) is 0 Å². The van der Waals surface area contributed by atoms with Gasteiger partial charge < -0.3 is 4.74 Å². The minimum atomic E-state index is 0.00555. The first-order valence-corrected chi connectivity index (χ1v) is 6.32. The molecule has 4 nitrogen and oxygen atoms in total. The van der Waals surface area contributed by atoms with Crippen molar-refractivity contribution in [2.24, 2.45) is 0 Å². The first-order chi connectivity index (χ1) is 8.24. The Morgan fingerprint density at radius 3 is 3.00 bits per heavy atom. The average molecular weight is 272 g/mol. The number of fused-ring (bicyclic) bond motifs is 1. The Morgan fingerprint density at radius 2 is 2.24 bits per heavy atom. The number of hydrogen-bond donors (Lipinski definition) is 0. The fourth-order valence-corrected chi connectivity index (χ4v) is 2.52. The van der Waals surface area contributed by atoms with E-state index in [2.05, 4.69) is 10.1 Å². The highest BCUT2D eigenvalue weighted by Crippen LogP contribution is 2.28. The van der Waals surface area contributed by atoms with Gasteiger partial charge in [-0.15, -0.1) is 0 Å². The van der Waals surface area contributed by atoms with E-state index < -0.39 is 0 Å². The average Bonchev–Trinajstić information content (AvgIpc) is 2.74. The molecule has 0 aromatic carbocycles. The highest BCUT2D eigenvalue weighted by atomic mass is 35.5. The van der Waals surface area contributed by atoms with Gasteiger partial charge in [0.2, 0.25) is 0 Å². The highest BCUT2D eigenvalue weighted by Gasteiger charge is 2.18. The van der Waals surface area contributed by atoms with Crippen LogP contribution in [0.2, 0.25) is 10.3 Å². The molecule has 17 heavy (non-hydrogen) atoms. The summed E-state index contributed by atoms with van der Waals surface area (Å²) in [6.07, 6.45) is 5.13. The third kappa shape index (κ3) is 2.12. The largest absolute Gasteiger partial charge is 0.357 e. The van der Waals surface area contributed by atoms with Crippen LogP contribution in [-0.4, -0.2) is 21.4 Å². The number of pyridine rings is 1. The molecule has 6 heteroatoms. The molecule has 0 amide bonds. The number of hydrogen-bond acceptors (Lipinski definition) is 3. The number of nitrogens with zero attached hydrogens (tertiary/aromatic N) is 3. The Labute approximate surface area is 108 Å². The lowest BCUT2D eigenvalue weighted by atomic mass is 10.2. The summed E-state index contributed by atoms with van der Waals surface area (Å²) < 4.78 is 7.48. The van der Waals surface area contributed by atoms with Crippen molar-refractivity contribution in [2.45, 2.75) is 25.5 Å². The van der Waals surface area contributed by atoms with E-state index in [0.717, 1.165) is 36.8 Å². The van der Waals surface area contributed by atoms with Gasteiger partial charge >= 0.3 is 0 Å². The van der Waals surface area contributed by atoms with Crippen molar-refractivity contribution in [1.29, 1.82) is 0 Å². The van der Waals surface area contributed by atoms with Gasteiger partial charge in [0.15, 0.2) is 0 Å². The van der Waals surface area contributed by atoms with Crippen molar-refractivity contribution in [2.75, 3.05) is 6.61 Å². The molecule has 1 aliphatic heterocycles. The van der Waals surface area contributed by atoms with Crippen LogP contribution >= 0.6 is 23.2 Å². The summed E-state index contributed by atoms with van der Waals surface area (Å²) in [5, 5.41) is 5.99. The van der Waals surface area contributed by atoms with E-state index >= 15 is 0 Å². The van der Waals surface area contributed by atoms with Crippen LogP contribution < -0.4 is 0 Å². The zero-order chi connectivity index (χ0) is 11.8. The minimum absolute atomic E-state index is 0.00555. The maximum Gasteiger partial charge on any atom is 0.150 e. The summed E-state index contributed by atoms with van der Waals surface area (Å²) in [6.45, 7) is 0.785. The summed E-state index contributed by atoms with van der Waals surface area (Å²) in [7, 11) is 0. The van der Waals surface area contributed by atoms with Crippen LogP contribution in [0.15, 0.2) is 12.3 Å². The lowest BCUT2D eigenvalue weighted by Gasteiger charge is -2.22. The lowest BCUT2D eigenvalue weighted by molar-refractivity contribution is -0.0390. The number of aromatic nitrogens is 3. The number of halogens is 2. The molecule has 1 fully saturated rings. The van der Waals surface area contributed by atoms with E-state index in [1.54, 1.807) is 6.07 Å². The van der Waals surface area contributed by atoms with Gasteiger partial charge in [0.25, 0.3) is 0 Å². The van der Waals surface area contributed by atoms with Gasteiger partial charge in [0.05, 0.1) is 10.9 Å². The molecule has 90 valence electrons. The second kappa shape index (κ2) is 4.44. The standard InChI is InChI=1S/C11H11Cl2N3O/c12-9-5-8-7(11(13)14-9)6-16(15-8)10-3-1-2-4-17-10/h5-6,10H,1-4H2. The molecular weight excluding hydrogens is 261 g/mol. The van der Waals surface area contributed by atoms with Gasteiger partial charge in [-0.25, -0.2) is 9.67 Å². The molecule has 2 aromatic heterocycles. The first-order valence-electron chi connectivity index (χ1n) is 5.56. The highest BCUT2D eigenvalue weighted by molar-refractivity contribution is 6.36. The zero-order valence-electron chi connectivity index (χ0n) is 9.07. The van der Waals surface area contributed by atoms with Gasteiger partial charge in [-0.3, -0.25) is 0 Å². The predicted octanol–water partition coefficient (Wildman–Crippen LogP) is 3.44. The van der Waals surface area contributed by atoms with Crippen molar-refractivity contribution in [3.05, 3.63) is 22.6 Å². The molecule has 3 rings (SSSR count). The molecule has 1 aliphatic rings. The van der Waals surface area contributed by atoms with E-state index in [1.165, 1.54) is 0 Å². The molecule has 3 heterocycles. The summed E-state index contributed by atoms with van der Waals surface area (Å²) in [5.74, 6) is 0. The van der Waals surface area contributed by atoms with Gasteiger partial charge in [0, 0.05) is 18.9 Å². The number of rotatable bonds is 1. The van der Waals surface area contributed by atoms with Crippen LogP contribution in [0.25, 0.3) is 10.9 Å². The maximum absolute atomic E-state index is 6.02. The van der Waals surface area contributed by atoms with Gasteiger partial charge in [-0.1, -0.05) is 23.2 Å². The molecule has 0 saturated carbocycles. The molecule has 0 radical (unpaired) electrons. The van der Waals surface area contributed by atoms with E-state index in [-0.39, 0.29) is 6.23 Å². The molecule has 1 unspecified atom stereocenters. The van der Waals surface area contributed by atoms with Crippen molar-refractivity contribution in [3.8, 4) is 0 Å². The molecule has 0 bridgehead atoms. The molecule has 1 atom stereocenters. The van der Waals surface area contributed by atoms with E-state index in [1.807, 2.05) is 10.9 Å². The predicted molar refractivity (Wildman–Crippen MR) is 66.4 cm³/mol. The van der Waals surface area contributed by atoms with E-state index in [4.69, 9.17) is 27.9 Å². The zero-order valence-corrected chi connectivity index (χ0v) is 10.6. The summed E-state index contributed by atoms with van der Waals surface area (Å²) in [5.41, 5.74) is 0.754. The molecule has 2 aromatic rings. The third-order valence-electron chi connectivity index (χ3n) is 2.89. The Bertz CT molecular complexity index is 549. The fourth-order valence-electron chi connectivity index (χ4n) is 2.05. The fraction of sp³-hybridized carbons (Fsp3) is 0.455. The van der Waals surface area contributed by atoms with Crippen molar-refractivity contribution < 1.29 is 4.74 Å². The Kier molecular flexibility index (Phi) is 2.94. The van der Waals surface area contributed by atoms with Crippen molar-refractivity contribution in [3.63, 3.8) is 0 Å². The molecular formula is C11H11Cl2N3O. The Balaban J connectivity index is 2.03. The monoisotopic (exact) mass is 271 g/mol. The van der Waals surface area contributed by atoms with Crippen LogP contribution in [0, 0.1) is 0 Å². The van der Waals surface area contributed by atoms with Crippen LogP contribution in [0.1, 0.15) is 25.5 Å². The summed E-state index contributed by atoms with van der Waals surface area (Å²) >= 11 is 11.9. The lowest BCUT2D eigenvalue weighted by Crippen LogP contribution is -2.18. The molecule has 0 N–H and O–H groups in total. The summed E-state index contributed by atoms with van der Waals surface area (Å²) in [4.78, 5) is 4.00. The first kappa shape index (κ1) is 11.3. The SMILES string of the molecule is Clc1cc2nn(C3CCCCO3)cc2c(Cl)n1. The molecule has 0 aliphatic carbocycles. The van der Waals surface area contributed by atoms with Gasteiger partial charge in [-0.05, 0) is 19.3 Å². The maximum atomic E-state index is 6.02. The normalized spacial score (nSPS) is 20.9. The minimum Gasteiger partial charge on any atom is -0.357 e. The second-order valence-corrected chi connectivity index (χ2v) is 4.84. The van der Waals surface area contributed by atoms with Crippen LogP contribution in [0.3, 0.4) is 0 Å². The second-order valence-electron chi connectivity index (χ2n) is 4.10. The third-order valence-corrected chi connectivity index (χ3v) is 3.38. The van der Waals surface area contributed by atoms with Gasteiger partial charge in [-0.2, -0.15) is 5.10 Å². The van der Waals surface area contributed by atoms with E-state index in [0.29, 0.717) is 10.3 Å². The van der Waals surface area contributed by atoms with Crippen molar-refractivity contribution in [1.82, 2.24) is 14.8 Å². The topological polar surface area (TPSA) is 39.9 Å². The molecule has 0 spiro atoms. The quantitative estimate of drug-likeness (QED) is 0.746.